The Kier molecular flexibility index (Phi) is 4.99. The molecule has 0 saturated carbocycles. The second kappa shape index (κ2) is 6.95. The fraction of sp³-hybridized carbons (Fsp3) is 0.364. The van der Waals surface area contributed by atoms with Crippen molar-refractivity contribution in [3.8, 4) is 11.7 Å². The molecule has 102 valence electrons. The third-order valence-corrected chi connectivity index (χ3v) is 2.91. The molecule has 0 bridgehead atoms. The largest absolute Gasteiger partial charge is 0.459 e. The molecule has 0 atom stereocenters. The monoisotopic (exact) mass is 283 g/mol. The number of furan rings is 1. The number of amides is 1. The molecule has 0 fully saturated rings. The molecule has 0 aliphatic heterocycles. The number of rotatable bonds is 7. The Labute approximate surface area is 113 Å². The molecule has 2 rings (SSSR count). The number of methoxy groups -OCH3 is 1. The van der Waals surface area contributed by atoms with E-state index in [-0.39, 0.29) is 11.7 Å². The van der Waals surface area contributed by atoms with Gasteiger partial charge in [0.05, 0.1) is 18.6 Å². The summed E-state index contributed by atoms with van der Waals surface area (Å²) >= 11 is 1.17. The highest BCUT2D eigenvalue weighted by atomic mass is 32.2. The molecule has 1 amide bonds. The lowest BCUT2D eigenvalue weighted by atomic mass is 10.5. The highest BCUT2D eigenvalue weighted by molar-refractivity contribution is 7.99. The predicted molar refractivity (Wildman–Crippen MR) is 67.6 cm³/mol. The van der Waals surface area contributed by atoms with Gasteiger partial charge in [-0.3, -0.25) is 4.79 Å². The molecule has 0 unspecified atom stereocenters. The van der Waals surface area contributed by atoms with Gasteiger partial charge in [-0.25, -0.2) is 0 Å². The zero-order valence-corrected chi connectivity index (χ0v) is 11.1. The van der Waals surface area contributed by atoms with Gasteiger partial charge in [0.2, 0.25) is 5.91 Å². The Morgan fingerprint density at radius 2 is 2.42 bits per heavy atom. The minimum absolute atomic E-state index is 0.111. The molecule has 0 radical (unpaired) electrons. The standard InChI is InChI=1S/C11H13N3O4S/c1-16-6-4-12-9(15)7-19-11-14-13-10(18-11)8-3-2-5-17-8/h2-3,5H,4,6-7H2,1H3,(H,12,15). The number of nitrogens with one attached hydrogen (secondary N) is 1. The zero-order chi connectivity index (χ0) is 13.5. The number of hydrogen-bond acceptors (Lipinski definition) is 7. The van der Waals surface area contributed by atoms with E-state index in [2.05, 4.69) is 15.5 Å². The third kappa shape index (κ3) is 4.11. The van der Waals surface area contributed by atoms with Crippen LogP contribution in [0.15, 0.2) is 32.5 Å². The van der Waals surface area contributed by atoms with Gasteiger partial charge < -0.3 is 18.9 Å². The van der Waals surface area contributed by atoms with Crippen LogP contribution in [0, 0.1) is 0 Å². The lowest BCUT2D eigenvalue weighted by Gasteiger charge is -2.01. The van der Waals surface area contributed by atoms with E-state index in [9.17, 15) is 4.79 Å². The molecule has 0 aliphatic rings. The topological polar surface area (TPSA) is 90.4 Å². The van der Waals surface area contributed by atoms with Crippen molar-refractivity contribution in [3.63, 3.8) is 0 Å². The van der Waals surface area contributed by atoms with Gasteiger partial charge in [-0.2, -0.15) is 0 Å². The summed E-state index contributed by atoms with van der Waals surface area (Å²) in [7, 11) is 1.58. The van der Waals surface area contributed by atoms with E-state index in [0.717, 1.165) is 0 Å². The van der Waals surface area contributed by atoms with Crippen molar-refractivity contribution in [2.45, 2.75) is 5.22 Å². The molecule has 2 heterocycles. The molecule has 0 spiro atoms. The maximum Gasteiger partial charge on any atom is 0.284 e. The third-order valence-electron chi connectivity index (χ3n) is 2.09. The summed E-state index contributed by atoms with van der Waals surface area (Å²) < 4.78 is 15.3. The molecule has 2 aromatic rings. The van der Waals surface area contributed by atoms with Gasteiger partial charge in [0.15, 0.2) is 5.76 Å². The van der Waals surface area contributed by atoms with Gasteiger partial charge in [-0.05, 0) is 12.1 Å². The molecule has 19 heavy (non-hydrogen) atoms. The highest BCUT2D eigenvalue weighted by Gasteiger charge is 2.12. The normalized spacial score (nSPS) is 10.6. The summed E-state index contributed by atoms with van der Waals surface area (Å²) in [5.41, 5.74) is 0. The molecule has 0 saturated heterocycles. The summed E-state index contributed by atoms with van der Waals surface area (Å²) in [6.07, 6.45) is 1.52. The van der Waals surface area contributed by atoms with Gasteiger partial charge in [-0.1, -0.05) is 11.8 Å². The van der Waals surface area contributed by atoms with Crippen LogP contribution in [-0.4, -0.2) is 42.1 Å². The van der Waals surface area contributed by atoms with Gasteiger partial charge >= 0.3 is 0 Å². The predicted octanol–water partition coefficient (Wildman–Crippen LogP) is 1.18. The number of thioether (sulfide) groups is 1. The summed E-state index contributed by atoms with van der Waals surface area (Å²) in [6.45, 7) is 0.969. The quantitative estimate of drug-likeness (QED) is 0.602. The van der Waals surface area contributed by atoms with E-state index in [0.29, 0.717) is 30.0 Å². The van der Waals surface area contributed by atoms with Crippen LogP contribution in [0.3, 0.4) is 0 Å². The first-order valence-corrected chi connectivity index (χ1v) is 6.54. The minimum Gasteiger partial charge on any atom is -0.459 e. The first-order valence-electron chi connectivity index (χ1n) is 5.55. The average molecular weight is 283 g/mol. The Balaban J connectivity index is 1.79. The fourth-order valence-corrected chi connectivity index (χ4v) is 1.83. The molecule has 0 aromatic carbocycles. The van der Waals surface area contributed by atoms with Crippen LogP contribution in [0.5, 0.6) is 0 Å². The first-order chi connectivity index (χ1) is 9.29. The molecule has 1 N–H and O–H groups in total. The Morgan fingerprint density at radius 3 is 3.16 bits per heavy atom. The van der Waals surface area contributed by atoms with E-state index in [1.54, 1.807) is 19.2 Å². The molecule has 7 nitrogen and oxygen atoms in total. The second-order valence-corrected chi connectivity index (χ2v) is 4.41. The van der Waals surface area contributed by atoms with Crippen molar-refractivity contribution in [1.82, 2.24) is 15.5 Å². The second-order valence-electron chi connectivity index (χ2n) is 3.48. The van der Waals surface area contributed by atoms with Gasteiger partial charge in [0, 0.05) is 13.7 Å². The van der Waals surface area contributed by atoms with E-state index in [4.69, 9.17) is 13.6 Å². The van der Waals surface area contributed by atoms with E-state index in [1.807, 2.05) is 0 Å². The number of nitrogens with zero attached hydrogens (tertiary/aromatic N) is 2. The molecule has 2 aromatic heterocycles. The molecule has 8 heteroatoms. The maximum atomic E-state index is 11.4. The Morgan fingerprint density at radius 1 is 1.53 bits per heavy atom. The van der Waals surface area contributed by atoms with E-state index >= 15 is 0 Å². The van der Waals surface area contributed by atoms with Crippen LogP contribution < -0.4 is 5.32 Å². The van der Waals surface area contributed by atoms with Crippen molar-refractivity contribution >= 4 is 17.7 Å². The van der Waals surface area contributed by atoms with Crippen LogP contribution in [0.25, 0.3) is 11.7 Å². The molecular weight excluding hydrogens is 270 g/mol. The summed E-state index contributed by atoms with van der Waals surface area (Å²) in [4.78, 5) is 11.4. The number of carbonyl (C=O) groups is 1. The average Bonchev–Trinajstić information content (AvgIpc) is 3.07. The first kappa shape index (κ1) is 13.6. The summed E-state index contributed by atoms with van der Waals surface area (Å²) in [5, 5.41) is 10.7. The smallest absolute Gasteiger partial charge is 0.284 e. The Bertz CT molecular complexity index is 512. The van der Waals surface area contributed by atoms with Crippen molar-refractivity contribution in [1.29, 1.82) is 0 Å². The lowest BCUT2D eigenvalue weighted by molar-refractivity contribution is -0.118. The van der Waals surface area contributed by atoms with Crippen molar-refractivity contribution in [2.24, 2.45) is 0 Å². The molecule has 0 aliphatic carbocycles. The van der Waals surface area contributed by atoms with Crippen LogP contribution in [0.4, 0.5) is 0 Å². The van der Waals surface area contributed by atoms with Crippen molar-refractivity contribution in [2.75, 3.05) is 26.0 Å². The number of hydrogen-bond donors (Lipinski definition) is 1. The van der Waals surface area contributed by atoms with Crippen LogP contribution in [0.1, 0.15) is 0 Å². The van der Waals surface area contributed by atoms with Crippen molar-refractivity contribution < 1.29 is 18.4 Å². The van der Waals surface area contributed by atoms with Crippen LogP contribution >= 0.6 is 11.8 Å². The van der Waals surface area contributed by atoms with Crippen LogP contribution in [0.2, 0.25) is 0 Å². The van der Waals surface area contributed by atoms with Gasteiger partial charge in [-0.15, -0.1) is 10.2 Å². The summed E-state index contributed by atoms with van der Waals surface area (Å²) in [5.74, 6) is 0.903. The van der Waals surface area contributed by atoms with Gasteiger partial charge in [0.25, 0.3) is 11.1 Å². The van der Waals surface area contributed by atoms with Gasteiger partial charge in [0.1, 0.15) is 0 Å². The van der Waals surface area contributed by atoms with Crippen molar-refractivity contribution in [3.05, 3.63) is 18.4 Å². The molecular formula is C11H13N3O4S. The van der Waals surface area contributed by atoms with Crippen LogP contribution in [-0.2, 0) is 9.53 Å². The number of aromatic nitrogens is 2. The maximum absolute atomic E-state index is 11.4. The number of ether oxygens (including phenoxy) is 1. The fourth-order valence-electron chi connectivity index (χ4n) is 1.24. The van der Waals surface area contributed by atoms with E-state index < -0.39 is 0 Å². The Hall–Kier alpha value is -1.80. The highest BCUT2D eigenvalue weighted by Crippen LogP contribution is 2.22. The summed E-state index contributed by atoms with van der Waals surface area (Å²) in [6, 6.07) is 3.45. The SMILES string of the molecule is COCCNC(=O)CSc1nnc(-c2ccco2)o1. The van der Waals surface area contributed by atoms with E-state index in [1.165, 1.54) is 18.0 Å². The minimum atomic E-state index is -0.111. The lowest BCUT2D eigenvalue weighted by Crippen LogP contribution is -2.28. The number of carbonyl (C=O) groups excluding carboxylic acids is 1. The zero-order valence-electron chi connectivity index (χ0n) is 10.3.